The summed E-state index contributed by atoms with van der Waals surface area (Å²) in [6.45, 7) is 9.14. The van der Waals surface area contributed by atoms with Crippen LogP contribution in [0.5, 0.6) is 5.75 Å². The monoisotopic (exact) mass is 646 g/mol. The molecule has 3 aromatic rings. The maximum Gasteiger partial charge on any atom is 0.410 e. The first-order valence-corrected chi connectivity index (χ1v) is 16.7. The van der Waals surface area contributed by atoms with Gasteiger partial charge in [0, 0.05) is 30.9 Å². The van der Waals surface area contributed by atoms with Gasteiger partial charge in [-0.3, -0.25) is 4.90 Å². The Kier molecular flexibility index (Phi) is 7.74. The molecule has 46 heavy (non-hydrogen) atoms. The number of amides is 1. The number of carboxylic acids is 1. The number of fused-ring (bicyclic) bond motifs is 4. The van der Waals surface area contributed by atoms with Crippen LogP contribution in [-0.2, 0) is 26.0 Å². The Bertz CT molecular complexity index is 1860. The lowest BCUT2D eigenvalue weighted by molar-refractivity contribution is -0.141. The minimum atomic E-state index is -4.15. The van der Waals surface area contributed by atoms with E-state index < -0.39 is 45.7 Å². The number of aliphatic carboxylic acids is 1. The Morgan fingerprint density at radius 1 is 1.04 bits per heavy atom. The maximum atomic E-state index is 13.6. The van der Waals surface area contributed by atoms with Gasteiger partial charge < -0.3 is 20.3 Å². The van der Waals surface area contributed by atoms with Crippen LogP contribution in [0.25, 0.3) is 11.1 Å². The topological polar surface area (TPSA) is 161 Å². The third kappa shape index (κ3) is 5.44. The van der Waals surface area contributed by atoms with Crippen molar-refractivity contribution in [3.63, 3.8) is 0 Å². The molecular weight excluding hydrogens is 608 g/mol. The molecule has 2 atom stereocenters. The third-order valence-corrected chi connectivity index (χ3v) is 10.9. The van der Waals surface area contributed by atoms with E-state index >= 15 is 0 Å². The number of benzene rings is 3. The predicted molar refractivity (Wildman–Crippen MR) is 173 cm³/mol. The minimum Gasteiger partial charge on any atom is -0.487 e. The predicted octanol–water partition coefficient (Wildman–Crippen LogP) is 4.39. The van der Waals surface area contributed by atoms with E-state index in [0.29, 0.717) is 23.3 Å². The molecule has 0 saturated carbocycles. The Hall–Kier alpha value is -4.58. The highest BCUT2D eigenvalue weighted by Gasteiger charge is 2.42. The van der Waals surface area contributed by atoms with Gasteiger partial charge in [-0.2, -0.15) is 0 Å². The number of nitrogens with two attached hydrogens (primary N) is 1. The van der Waals surface area contributed by atoms with Gasteiger partial charge in [0.1, 0.15) is 24.0 Å². The van der Waals surface area contributed by atoms with Gasteiger partial charge in [-0.1, -0.05) is 48.5 Å². The van der Waals surface area contributed by atoms with Crippen LogP contribution in [0.15, 0.2) is 58.4 Å². The van der Waals surface area contributed by atoms with E-state index in [1.165, 1.54) is 0 Å². The van der Waals surface area contributed by atoms with Crippen LogP contribution in [0.4, 0.5) is 4.79 Å². The number of nitrogens with zero attached hydrogens (tertiary/aromatic N) is 2. The number of hydrogen-bond donors (Lipinski definition) is 3. The molecule has 1 aliphatic carbocycles. The molecule has 3 aromatic carbocycles. The van der Waals surface area contributed by atoms with Gasteiger partial charge in [-0.15, -0.1) is 0 Å². The summed E-state index contributed by atoms with van der Waals surface area (Å²) in [6, 6.07) is 13.9. The molecule has 242 valence electrons. The number of rotatable bonds is 6. The second-order valence-electron chi connectivity index (χ2n) is 12.9. The fraction of sp³-hybridized carbons (Fsp3) is 0.382. The van der Waals surface area contributed by atoms with Crippen molar-refractivity contribution < 1.29 is 32.6 Å². The van der Waals surface area contributed by atoms with Gasteiger partial charge in [0.05, 0.1) is 10.9 Å². The second kappa shape index (κ2) is 11.3. The van der Waals surface area contributed by atoms with Crippen molar-refractivity contribution in [1.29, 1.82) is 0 Å². The third-order valence-electron chi connectivity index (χ3n) is 9.26. The number of sulfonamides is 1. The fourth-order valence-electron chi connectivity index (χ4n) is 7.08. The molecule has 0 aromatic heterocycles. The van der Waals surface area contributed by atoms with E-state index in [9.17, 15) is 23.1 Å². The van der Waals surface area contributed by atoms with Gasteiger partial charge in [0.2, 0.25) is 5.96 Å². The molecule has 6 rings (SSSR count). The highest BCUT2D eigenvalue weighted by atomic mass is 32.2. The highest BCUT2D eigenvalue weighted by Crippen LogP contribution is 2.45. The largest absolute Gasteiger partial charge is 0.487 e. The molecule has 3 aliphatic rings. The highest BCUT2D eigenvalue weighted by molar-refractivity contribution is 7.90. The molecule has 0 unspecified atom stereocenters. The second-order valence-corrected chi connectivity index (χ2v) is 14.5. The van der Waals surface area contributed by atoms with Gasteiger partial charge in [-0.25, -0.2) is 27.7 Å². The van der Waals surface area contributed by atoms with Crippen LogP contribution < -0.4 is 15.2 Å². The van der Waals surface area contributed by atoms with Crippen LogP contribution in [0.1, 0.15) is 59.6 Å². The molecule has 1 saturated heterocycles. The number of ether oxygens (including phenoxy) is 2. The lowest BCUT2D eigenvalue weighted by Crippen LogP contribution is -2.41. The average molecular weight is 647 g/mol. The van der Waals surface area contributed by atoms with Crippen LogP contribution in [0.3, 0.4) is 0 Å². The quantitative estimate of drug-likeness (QED) is 0.263. The molecule has 1 amide bonds. The molecule has 1 fully saturated rings. The van der Waals surface area contributed by atoms with Gasteiger partial charge in [0.15, 0.2) is 0 Å². The summed E-state index contributed by atoms with van der Waals surface area (Å²) in [5.74, 6) is -1.08. The molecule has 0 radical (unpaired) electrons. The van der Waals surface area contributed by atoms with Crippen molar-refractivity contribution in [2.24, 2.45) is 10.7 Å². The summed E-state index contributed by atoms with van der Waals surface area (Å²) in [6.07, 6.45) is -0.271. The summed E-state index contributed by atoms with van der Waals surface area (Å²) in [5.41, 5.74) is 12.6. The number of carboxylic acid groups (broad SMARTS) is 1. The zero-order valence-electron chi connectivity index (χ0n) is 26.5. The summed E-state index contributed by atoms with van der Waals surface area (Å²) in [4.78, 5) is 30.9. The standard InChI is InChI=1S/C34H38N4O7S/c1-18-19(2)30(20(3)26-15-34(4,5)45-29(18)26)46(42,43)37-32(35)36-21-14-28(31(39)40)38(16-21)33(41)44-17-27-24-12-8-6-10-22(24)23-11-7-9-13-25(23)27/h6-13,21,27-28H,14-17H2,1-5H3,(H,39,40)(H3,35,36,37)/t21-,28-/m0/s1. The van der Waals surface area contributed by atoms with Crippen LogP contribution in [0.2, 0.25) is 0 Å². The number of nitrogens with one attached hydrogen (secondary N) is 1. The molecule has 2 heterocycles. The average Bonchev–Trinajstić information content (AvgIpc) is 3.66. The van der Waals surface area contributed by atoms with E-state index in [2.05, 4.69) is 9.71 Å². The summed E-state index contributed by atoms with van der Waals surface area (Å²) < 4.78 is 41.4. The maximum absolute atomic E-state index is 13.6. The smallest absolute Gasteiger partial charge is 0.410 e. The fourth-order valence-corrected chi connectivity index (χ4v) is 8.59. The van der Waals surface area contributed by atoms with Gasteiger partial charge in [-0.05, 0) is 73.6 Å². The lowest BCUT2D eigenvalue weighted by Gasteiger charge is -2.22. The van der Waals surface area contributed by atoms with Crippen molar-refractivity contribution in [1.82, 2.24) is 9.62 Å². The summed E-state index contributed by atoms with van der Waals surface area (Å²) in [5, 5.41) is 9.91. The van der Waals surface area contributed by atoms with E-state index in [1.807, 2.05) is 69.3 Å². The van der Waals surface area contributed by atoms with Crippen molar-refractivity contribution in [3.8, 4) is 16.9 Å². The van der Waals surface area contributed by atoms with Crippen LogP contribution in [-0.4, -0.2) is 67.3 Å². The van der Waals surface area contributed by atoms with E-state index in [1.54, 1.807) is 13.8 Å². The van der Waals surface area contributed by atoms with Gasteiger partial charge >= 0.3 is 12.1 Å². The number of carbonyl (C=O) groups excluding carboxylic acids is 1. The molecule has 2 aliphatic heterocycles. The SMILES string of the molecule is Cc1c(C)c(S(=O)(=O)NC(N)=N[C@H]2C[C@@H](C(=O)O)N(C(=O)OCC3c4ccccc4-c4ccccc43)C2)c(C)c2c1OC(C)(C)C2. The number of likely N-dealkylation sites (tertiary alicyclic amines) is 1. The van der Waals surface area contributed by atoms with Crippen LogP contribution in [0, 0.1) is 20.8 Å². The number of hydrogen-bond acceptors (Lipinski definition) is 7. The Morgan fingerprint density at radius 2 is 1.65 bits per heavy atom. The first-order chi connectivity index (χ1) is 21.7. The molecule has 4 N–H and O–H groups in total. The summed E-state index contributed by atoms with van der Waals surface area (Å²) in [7, 11) is -4.15. The molecular formula is C34H38N4O7S. The molecule has 0 spiro atoms. The first-order valence-electron chi connectivity index (χ1n) is 15.2. The van der Waals surface area contributed by atoms with E-state index in [-0.39, 0.29) is 30.4 Å². The zero-order chi connectivity index (χ0) is 33.1. The number of carbonyl (C=O) groups is 2. The van der Waals surface area contributed by atoms with Crippen molar-refractivity contribution in [3.05, 3.63) is 81.9 Å². The van der Waals surface area contributed by atoms with Crippen LogP contribution >= 0.6 is 0 Å². The lowest BCUT2D eigenvalue weighted by atomic mass is 9.94. The van der Waals surface area contributed by atoms with Crippen molar-refractivity contribution >= 4 is 28.0 Å². The van der Waals surface area contributed by atoms with E-state index in [0.717, 1.165) is 38.3 Å². The first kappa shape index (κ1) is 31.4. The van der Waals surface area contributed by atoms with Crippen molar-refractivity contribution in [2.75, 3.05) is 13.2 Å². The molecule has 12 heteroatoms. The Balaban J connectivity index is 1.17. The number of aliphatic imine (C=N–C) groups is 1. The van der Waals surface area contributed by atoms with Gasteiger partial charge in [0.25, 0.3) is 10.0 Å². The Morgan fingerprint density at radius 3 is 2.26 bits per heavy atom. The Labute approximate surface area is 268 Å². The number of guanidine groups is 1. The van der Waals surface area contributed by atoms with Crippen molar-refractivity contribution in [2.45, 2.75) is 76.0 Å². The minimum absolute atomic E-state index is 0.0344. The zero-order valence-corrected chi connectivity index (χ0v) is 27.3. The summed E-state index contributed by atoms with van der Waals surface area (Å²) >= 11 is 0. The normalized spacial score (nSPS) is 20.1. The molecule has 0 bridgehead atoms. The molecule has 11 nitrogen and oxygen atoms in total. The van der Waals surface area contributed by atoms with E-state index in [4.69, 9.17) is 15.2 Å².